The van der Waals surface area contributed by atoms with Crippen LogP contribution in [-0.4, -0.2) is 44.3 Å². The van der Waals surface area contributed by atoms with Gasteiger partial charge >= 0.3 is 0 Å². The maximum atomic E-state index is 5.82. The fourth-order valence-electron chi connectivity index (χ4n) is 2.05. The average molecular weight is 215 g/mol. The Hall–Kier alpha value is -0.160. The molecule has 2 fully saturated rings. The van der Waals surface area contributed by atoms with E-state index in [1.807, 2.05) is 13.8 Å². The van der Waals surface area contributed by atoms with Crippen molar-refractivity contribution in [1.82, 2.24) is 5.32 Å². The quantitative estimate of drug-likeness (QED) is 0.759. The molecule has 2 rings (SSSR count). The highest BCUT2D eigenvalue weighted by atomic mass is 16.7. The van der Waals surface area contributed by atoms with Gasteiger partial charge in [-0.2, -0.15) is 0 Å². The zero-order valence-electron chi connectivity index (χ0n) is 9.62. The van der Waals surface area contributed by atoms with E-state index >= 15 is 0 Å². The smallest absolute Gasteiger partial charge is 0.163 e. The van der Waals surface area contributed by atoms with Gasteiger partial charge in [0.15, 0.2) is 5.79 Å². The topological polar surface area (TPSA) is 39.7 Å². The Labute approximate surface area is 91.3 Å². The molecule has 0 aromatic carbocycles. The van der Waals surface area contributed by atoms with Crippen LogP contribution in [0.5, 0.6) is 0 Å². The Kier molecular flexibility index (Phi) is 3.61. The van der Waals surface area contributed by atoms with Gasteiger partial charge in [-0.05, 0) is 39.8 Å². The molecule has 2 aliphatic heterocycles. The SMILES string of the molecule is CC1(C)OC[C@@H](COC2CCNCC2)O1. The van der Waals surface area contributed by atoms with Crippen LogP contribution in [0.2, 0.25) is 0 Å². The van der Waals surface area contributed by atoms with E-state index in [0.717, 1.165) is 25.9 Å². The summed E-state index contributed by atoms with van der Waals surface area (Å²) in [7, 11) is 0. The molecular weight excluding hydrogens is 194 g/mol. The van der Waals surface area contributed by atoms with Crippen molar-refractivity contribution in [2.45, 2.75) is 44.7 Å². The second-order valence-electron chi connectivity index (χ2n) is 4.73. The van der Waals surface area contributed by atoms with Gasteiger partial charge in [-0.15, -0.1) is 0 Å². The minimum absolute atomic E-state index is 0.106. The van der Waals surface area contributed by atoms with E-state index in [0.29, 0.717) is 19.3 Å². The summed E-state index contributed by atoms with van der Waals surface area (Å²) in [4.78, 5) is 0. The van der Waals surface area contributed by atoms with E-state index in [-0.39, 0.29) is 6.10 Å². The molecule has 4 heteroatoms. The molecule has 4 nitrogen and oxygen atoms in total. The highest BCUT2D eigenvalue weighted by Crippen LogP contribution is 2.23. The molecule has 1 N–H and O–H groups in total. The Morgan fingerprint density at radius 3 is 2.67 bits per heavy atom. The molecule has 0 aromatic heterocycles. The third kappa shape index (κ3) is 3.41. The lowest BCUT2D eigenvalue weighted by Crippen LogP contribution is -2.34. The van der Waals surface area contributed by atoms with Gasteiger partial charge in [0.1, 0.15) is 6.10 Å². The molecule has 1 atom stereocenters. The van der Waals surface area contributed by atoms with E-state index in [1.54, 1.807) is 0 Å². The number of piperidine rings is 1. The van der Waals surface area contributed by atoms with Gasteiger partial charge in [0, 0.05) is 0 Å². The molecule has 0 amide bonds. The third-order valence-corrected chi connectivity index (χ3v) is 2.87. The summed E-state index contributed by atoms with van der Waals surface area (Å²) >= 11 is 0. The molecule has 0 aromatic rings. The first-order valence-corrected chi connectivity index (χ1v) is 5.80. The minimum atomic E-state index is -0.428. The van der Waals surface area contributed by atoms with Crippen LogP contribution in [0.1, 0.15) is 26.7 Å². The summed E-state index contributed by atoms with van der Waals surface area (Å²) in [5.74, 6) is -0.428. The van der Waals surface area contributed by atoms with Gasteiger partial charge in [0.25, 0.3) is 0 Å². The first-order valence-electron chi connectivity index (χ1n) is 5.80. The number of nitrogens with one attached hydrogen (secondary N) is 1. The van der Waals surface area contributed by atoms with Crippen LogP contribution in [0.4, 0.5) is 0 Å². The fraction of sp³-hybridized carbons (Fsp3) is 1.00. The predicted molar refractivity (Wildman–Crippen MR) is 56.7 cm³/mol. The summed E-state index contributed by atoms with van der Waals surface area (Å²) in [5.41, 5.74) is 0. The third-order valence-electron chi connectivity index (χ3n) is 2.87. The first-order chi connectivity index (χ1) is 7.16. The summed E-state index contributed by atoms with van der Waals surface area (Å²) in [6, 6.07) is 0. The Balaban J connectivity index is 1.65. The van der Waals surface area contributed by atoms with Gasteiger partial charge in [-0.1, -0.05) is 0 Å². The molecule has 0 aliphatic carbocycles. The van der Waals surface area contributed by atoms with E-state index in [9.17, 15) is 0 Å². The van der Waals surface area contributed by atoms with Crippen molar-refractivity contribution in [2.24, 2.45) is 0 Å². The lowest BCUT2D eigenvalue weighted by atomic mass is 10.1. The van der Waals surface area contributed by atoms with Crippen molar-refractivity contribution in [3.63, 3.8) is 0 Å². The zero-order valence-corrected chi connectivity index (χ0v) is 9.62. The van der Waals surface area contributed by atoms with Gasteiger partial charge in [-0.25, -0.2) is 0 Å². The van der Waals surface area contributed by atoms with Crippen LogP contribution in [0.3, 0.4) is 0 Å². The lowest BCUT2D eigenvalue weighted by molar-refractivity contribution is -0.148. The van der Waals surface area contributed by atoms with E-state index < -0.39 is 5.79 Å². The number of hydrogen-bond donors (Lipinski definition) is 1. The molecule has 15 heavy (non-hydrogen) atoms. The fourth-order valence-corrected chi connectivity index (χ4v) is 2.05. The number of ether oxygens (including phenoxy) is 3. The molecule has 2 aliphatic rings. The zero-order chi connectivity index (χ0) is 10.7. The first kappa shape index (κ1) is 11.3. The normalized spacial score (nSPS) is 32.0. The van der Waals surface area contributed by atoms with Crippen LogP contribution in [0.25, 0.3) is 0 Å². The van der Waals surface area contributed by atoms with E-state index in [4.69, 9.17) is 14.2 Å². The largest absolute Gasteiger partial charge is 0.375 e. The monoisotopic (exact) mass is 215 g/mol. The maximum absolute atomic E-state index is 5.82. The Morgan fingerprint density at radius 2 is 2.07 bits per heavy atom. The summed E-state index contributed by atoms with van der Waals surface area (Å²) in [6.45, 7) is 7.33. The van der Waals surface area contributed by atoms with E-state index in [1.165, 1.54) is 0 Å². The molecular formula is C11H21NO3. The Bertz CT molecular complexity index is 202. The lowest BCUT2D eigenvalue weighted by Gasteiger charge is -2.24. The van der Waals surface area contributed by atoms with Crippen molar-refractivity contribution in [2.75, 3.05) is 26.3 Å². The van der Waals surface area contributed by atoms with Crippen LogP contribution < -0.4 is 5.32 Å². The van der Waals surface area contributed by atoms with E-state index in [2.05, 4.69) is 5.32 Å². The minimum Gasteiger partial charge on any atom is -0.375 e. The molecule has 0 unspecified atom stereocenters. The second kappa shape index (κ2) is 4.78. The number of rotatable bonds is 3. The average Bonchev–Trinajstić information content (AvgIpc) is 2.57. The van der Waals surface area contributed by atoms with Crippen molar-refractivity contribution in [3.05, 3.63) is 0 Å². The Morgan fingerprint density at radius 1 is 1.33 bits per heavy atom. The molecule has 0 radical (unpaired) electrons. The molecule has 88 valence electrons. The highest BCUT2D eigenvalue weighted by molar-refractivity contribution is 4.73. The van der Waals surface area contributed by atoms with Gasteiger partial charge in [0.05, 0.1) is 19.3 Å². The molecule has 0 bridgehead atoms. The standard InChI is InChI=1S/C11H21NO3/c1-11(2)14-8-10(15-11)7-13-9-3-5-12-6-4-9/h9-10,12H,3-8H2,1-2H3/t10-/m1/s1. The van der Waals surface area contributed by atoms with Gasteiger partial charge in [0.2, 0.25) is 0 Å². The van der Waals surface area contributed by atoms with Crippen LogP contribution in [0, 0.1) is 0 Å². The number of hydrogen-bond acceptors (Lipinski definition) is 4. The molecule has 2 heterocycles. The van der Waals surface area contributed by atoms with Crippen LogP contribution in [0.15, 0.2) is 0 Å². The summed E-state index contributed by atoms with van der Waals surface area (Å²) < 4.78 is 17.0. The van der Waals surface area contributed by atoms with Crippen molar-refractivity contribution >= 4 is 0 Å². The van der Waals surface area contributed by atoms with Gasteiger partial charge < -0.3 is 19.5 Å². The van der Waals surface area contributed by atoms with Crippen molar-refractivity contribution in [1.29, 1.82) is 0 Å². The molecule has 0 saturated carbocycles. The highest BCUT2D eigenvalue weighted by Gasteiger charge is 2.33. The predicted octanol–water partition coefficient (Wildman–Crippen LogP) is 0.906. The molecule has 2 saturated heterocycles. The van der Waals surface area contributed by atoms with Crippen LogP contribution in [-0.2, 0) is 14.2 Å². The van der Waals surface area contributed by atoms with Crippen LogP contribution >= 0.6 is 0 Å². The molecule has 0 spiro atoms. The second-order valence-corrected chi connectivity index (χ2v) is 4.73. The van der Waals surface area contributed by atoms with Crippen molar-refractivity contribution in [3.8, 4) is 0 Å². The van der Waals surface area contributed by atoms with Crippen molar-refractivity contribution < 1.29 is 14.2 Å². The maximum Gasteiger partial charge on any atom is 0.163 e. The summed E-state index contributed by atoms with van der Waals surface area (Å²) in [5, 5.41) is 3.32. The van der Waals surface area contributed by atoms with Gasteiger partial charge in [-0.3, -0.25) is 0 Å². The summed E-state index contributed by atoms with van der Waals surface area (Å²) in [6.07, 6.45) is 2.72.